The monoisotopic (exact) mass is 234 g/mol. The minimum absolute atomic E-state index is 0.173. The van der Waals surface area contributed by atoms with Crippen molar-refractivity contribution >= 4 is 5.69 Å². The largest absolute Gasteiger partial charge is 0.384 e. The Hall–Kier alpha value is -2.24. The van der Waals surface area contributed by atoms with Crippen molar-refractivity contribution in [2.24, 2.45) is 0 Å². The molecule has 2 heterocycles. The van der Waals surface area contributed by atoms with Gasteiger partial charge in [-0.15, -0.1) is 5.10 Å². The number of anilines is 1. The first kappa shape index (κ1) is 11.3. The van der Waals surface area contributed by atoms with Crippen molar-refractivity contribution < 1.29 is 4.39 Å². The molecule has 0 radical (unpaired) electrons. The van der Waals surface area contributed by atoms with Gasteiger partial charge in [-0.25, -0.2) is 4.39 Å². The third kappa shape index (κ3) is 2.15. The first-order valence-electron chi connectivity index (χ1n) is 5.02. The normalized spacial score (nSPS) is 10.3. The van der Waals surface area contributed by atoms with Gasteiger partial charge < -0.3 is 5.32 Å². The van der Waals surface area contributed by atoms with Crippen molar-refractivity contribution in [2.45, 2.75) is 6.92 Å². The molecule has 5 nitrogen and oxygen atoms in total. The van der Waals surface area contributed by atoms with Gasteiger partial charge in [0.25, 0.3) is 5.56 Å². The number of nitrogens with one attached hydrogen (secondary N) is 1. The Morgan fingerprint density at radius 1 is 1.35 bits per heavy atom. The molecule has 0 saturated carbocycles. The maximum absolute atomic E-state index is 13.3. The number of aromatic nitrogens is 3. The van der Waals surface area contributed by atoms with Crippen LogP contribution in [0.4, 0.5) is 10.1 Å². The Morgan fingerprint density at radius 3 is 2.71 bits per heavy atom. The highest BCUT2D eigenvalue weighted by Gasteiger charge is 2.08. The average Bonchev–Trinajstić information content (AvgIpc) is 2.33. The van der Waals surface area contributed by atoms with Crippen LogP contribution in [0.3, 0.4) is 0 Å². The number of halogens is 1. The van der Waals surface area contributed by atoms with Crippen LogP contribution >= 0.6 is 0 Å². The first-order valence-corrected chi connectivity index (χ1v) is 5.02. The summed E-state index contributed by atoms with van der Waals surface area (Å²) in [6.45, 7) is 1.78. The van der Waals surface area contributed by atoms with Gasteiger partial charge in [0.05, 0.1) is 11.9 Å². The molecule has 1 N–H and O–H groups in total. The molecule has 0 aliphatic heterocycles. The molecule has 0 aliphatic rings. The minimum Gasteiger partial charge on any atom is -0.384 e. The zero-order chi connectivity index (χ0) is 12.4. The standard InChI is InChI=1S/C11H11FN4O/c1-7-3-4-10(15-14-7)16-6-8(12)5-9(13-2)11(16)17/h3-6,13H,1-2H3. The Morgan fingerprint density at radius 2 is 2.12 bits per heavy atom. The summed E-state index contributed by atoms with van der Waals surface area (Å²) in [6.07, 6.45) is 1.09. The van der Waals surface area contributed by atoms with Gasteiger partial charge in [0.1, 0.15) is 11.5 Å². The SMILES string of the molecule is CNc1cc(F)cn(-c2ccc(C)nn2)c1=O. The molecule has 0 aromatic carbocycles. The van der Waals surface area contributed by atoms with Gasteiger partial charge in [-0.1, -0.05) is 0 Å². The number of aryl methyl sites for hydroxylation is 1. The second kappa shape index (κ2) is 4.32. The Balaban J connectivity index is 2.63. The van der Waals surface area contributed by atoms with E-state index in [1.54, 1.807) is 26.1 Å². The molecular formula is C11H11FN4O. The quantitative estimate of drug-likeness (QED) is 0.845. The molecule has 0 atom stereocenters. The van der Waals surface area contributed by atoms with E-state index in [0.29, 0.717) is 0 Å². The first-order chi connectivity index (χ1) is 8.11. The Bertz CT molecular complexity index is 591. The highest BCUT2D eigenvalue weighted by molar-refractivity contribution is 5.42. The minimum atomic E-state index is -0.517. The highest BCUT2D eigenvalue weighted by Crippen LogP contribution is 2.07. The summed E-state index contributed by atoms with van der Waals surface area (Å²) in [6, 6.07) is 4.46. The van der Waals surface area contributed by atoms with Crippen LogP contribution in [0.5, 0.6) is 0 Å². The van der Waals surface area contributed by atoms with E-state index < -0.39 is 5.82 Å². The molecule has 0 saturated heterocycles. The van der Waals surface area contributed by atoms with E-state index in [9.17, 15) is 9.18 Å². The summed E-state index contributed by atoms with van der Waals surface area (Å²) in [5, 5.41) is 10.3. The summed E-state index contributed by atoms with van der Waals surface area (Å²) in [5.41, 5.74) is 0.534. The molecule has 0 spiro atoms. The smallest absolute Gasteiger partial charge is 0.279 e. The zero-order valence-corrected chi connectivity index (χ0v) is 9.44. The van der Waals surface area contributed by atoms with Crippen LogP contribution in [0.25, 0.3) is 5.82 Å². The summed E-state index contributed by atoms with van der Waals surface area (Å²) in [7, 11) is 1.56. The zero-order valence-electron chi connectivity index (χ0n) is 9.44. The molecule has 0 bridgehead atoms. The molecule has 0 fully saturated rings. The second-order valence-electron chi connectivity index (χ2n) is 3.53. The van der Waals surface area contributed by atoms with Crippen LogP contribution in [0.15, 0.2) is 29.2 Å². The number of rotatable bonds is 2. The lowest BCUT2D eigenvalue weighted by molar-refractivity contribution is 0.611. The third-order valence-electron chi connectivity index (χ3n) is 2.28. The fourth-order valence-corrected chi connectivity index (χ4v) is 1.42. The predicted molar refractivity (Wildman–Crippen MR) is 61.9 cm³/mol. The van der Waals surface area contributed by atoms with E-state index in [0.717, 1.165) is 22.5 Å². The molecule has 2 rings (SSSR count). The van der Waals surface area contributed by atoms with Crippen molar-refractivity contribution in [2.75, 3.05) is 12.4 Å². The molecule has 0 unspecified atom stereocenters. The van der Waals surface area contributed by atoms with Gasteiger partial charge in [-0.3, -0.25) is 9.36 Å². The fourth-order valence-electron chi connectivity index (χ4n) is 1.42. The van der Waals surface area contributed by atoms with Crippen LogP contribution < -0.4 is 10.9 Å². The summed E-state index contributed by atoms with van der Waals surface area (Å²) >= 11 is 0. The molecule has 2 aromatic heterocycles. The van der Waals surface area contributed by atoms with E-state index in [2.05, 4.69) is 15.5 Å². The molecule has 17 heavy (non-hydrogen) atoms. The van der Waals surface area contributed by atoms with Crippen LogP contribution in [-0.2, 0) is 0 Å². The molecular weight excluding hydrogens is 223 g/mol. The van der Waals surface area contributed by atoms with Crippen molar-refractivity contribution in [3.05, 3.63) is 46.3 Å². The maximum atomic E-state index is 13.3. The third-order valence-corrected chi connectivity index (χ3v) is 2.28. The second-order valence-corrected chi connectivity index (χ2v) is 3.53. The van der Waals surface area contributed by atoms with E-state index in [-0.39, 0.29) is 17.1 Å². The molecule has 88 valence electrons. The van der Waals surface area contributed by atoms with E-state index in [1.807, 2.05) is 0 Å². The van der Waals surface area contributed by atoms with Crippen LogP contribution in [0, 0.1) is 12.7 Å². The molecule has 6 heteroatoms. The Kier molecular flexibility index (Phi) is 2.86. The van der Waals surface area contributed by atoms with Gasteiger partial charge >= 0.3 is 0 Å². The summed E-state index contributed by atoms with van der Waals surface area (Å²) < 4.78 is 14.4. The predicted octanol–water partition coefficient (Wildman–Crippen LogP) is 1.12. The lowest BCUT2D eigenvalue weighted by atomic mass is 10.3. The van der Waals surface area contributed by atoms with E-state index in [4.69, 9.17) is 0 Å². The van der Waals surface area contributed by atoms with Gasteiger partial charge in [0, 0.05) is 13.1 Å². The van der Waals surface area contributed by atoms with Crippen molar-refractivity contribution in [3.63, 3.8) is 0 Å². The maximum Gasteiger partial charge on any atom is 0.279 e. The number of pyridine rings is 1. The van der Waals surface area contributed by atoms with Gasteiger partial charge in [0.2, 0.25) is 0 Å². The van der Waals surface area contributed by atoms with Crippen LogP contribution in [0.1, 0.15) is 5.69 Å². The van der Waals surface area contributed by atoms with E-state index in [1.165, 1.54) is 0 Å². The van der Waals surface area contributed by atoms with E-state index >= 15 is 0 Å². The van der Waals surface area contributed by atoms with Crippen molar-refractivity contribution in [3.8, 4) is 5.82 Å². The molecule has 2 aromatic rings. The fraction of sp³-hybridized carbons (Fsp3) is 0.182. The van der Waals surface area contributed by atoms with Crippen LogP contribution in [-0.4, -0.2) is 21.8 Å². The summed E-state index contributed by atoms with van der Waals surface area (Å²) in [4.78, 5) is 11.9. The highest BCUT2D eigenvalue weighted by atomic mass is 19.1. The topological polar surface area (TPSA) is 59.8 Å². The lowest BCUT2D eigenvalue weighted by Gasteiger charge is -2.07. The number of nitrogens with zero attached hydrogens (tertiary/aromatic N) is 3. The molecule has 0 amide bonds. The average molecular weight is 234 g/mol. The lowest BCUT2D eigenvalue weighted by Crippen LogP contribution is -2.22. The van der Waals surface area contributed by atoms with Gasteiger partial charge in [0.15, 0.2) is 5.82 Å². The molecule has 0 aliphatic carbocycles. The Labute approximate surface area is 96.9 Å². The van der Waals surface area contributed by atoms with Crippen molar-refractivity contribution in [1.29, 1.82) is 0 Å². The number of hydrogen-bond acceptors (Lipinski definition) is 4. The van der Waals surface area contributed by atoms with Gasteiger partial charge in [-0.05, 0) is 19.1 Å². The number of hydrogen-bond donors (Lipinski definition) is 1. The van der Waals surface area contributed by atoms with Gasteiger partial charge in [-0.2, -0.15) is 5.10 Å². The summed E-state index contributed by atoms with van der Waals surface area (Å²) in [5.74, 6) is -0.229. The van der Waals surface area contributed by atoms with Crippen molar-refractivity contribution in [1.82, 2.24) is 14.8 Å². The van der Waals surface area contributed by atoms with Crippen LogP contribution in [0.2, 0.25) is 0 Å².